The average Bonchev–Trinajstić information content (AvgIpc) is 2.63. The highest BCUT2D eigenvalue weighted by Crippen LogP contribution is 2.48. The van der Waals surface area contributed by atoms with Gasteiger partial charge in [0.15, 0.2) is 0 Å². The predicted octanol–water partition coefficient (Wildman–Crippen LogP) is 4.04. The fourth-order valence-corrected chi connectivity index (χ4v) is 6.14. The quantitative estimate of drug-likeness (QED) is 0.819. The van der Waals surface area contributed by atoms with Crippen LogP contribution in [0.3, 0.4) is 0 Å². The second kappa shape index (κ2) is 7.77. The van der Waals surface area contributed by atoms with E-state index < -0.39 is 0 Å². The van der Waals surface area contributed by atoms with Crippen molar-refractivity contribution >= 4 is 23.1 Å². The van der Waals surface area contributed by atoms with Crippen molar-refractivity contribution in [2.24, 2.45) is 5.92 Å². The lowest BCUT2D eigenvalue weighted by Crippen LogP contribution is -2.50. The number of benzene rings is 1. The first-order chi connectivity index (χ1) is 12.7. The van der Waals surface area contributed by atoms with E-state index in [1.54, 1.807) is 18.1 Å². The lowest BCUT2D eigenvalue weighted by molar-refractivity contribution is -0.114. The van der Waals surface area contributed by atoms with Crippen LogP contribution in [-0.4, -0.2) is 41.3 Å². The molecule has 1 aromatic rings. The van der Waals surface area contributed by atoms with Gasteiger partial charge in [-0.1, -0.05) is 25.1 Å². The molecule has 1 aliphatic carbocycles. The number of carbonyl (C=O) groups excluding carboxylic acids is 1. The van der Waals surface area contributed by atoms with E-state index in [9.17, 15) is 4.79 Å². The molecule has 3 aliphatic rings. The first-order valence-electron chi connectivity index (χ1n) is 10.0. The molecular formula is C22H30N2OS. The zero-order valence-electron chi connectivity index (χ0n) is 16.0. The van der Waals surface area contributed by atoms with Gasteiger partial charge in [-0.05, 0) is 66.7 Å². The molecule has 1 saturated heterocycles. The van der Waals surface area contributed by atoms with Gasteiger partial charge in [-0.25, -0.2) is 0 Å². The van der Waals surface area contributed by atoms with E-state index in [2.05, 4.69) is 41.5 Å². The van der Waals surface area contributed by atoms with Gasteiger partial charge in [0.25, 0.3) is 0 Å². The van der Waals surface area contributed by atoms with Crippen LogP contribution in [0.4, 0.5) is 0 Å². The summed E-state index contributed by atoms with van der Waals surface area (Å²) in [6.45, 7) is 7.33. The molecule has 0 spiro atoms. The summed E-state index contributed by atoms with van der Waals surface area (Å²) in [7, 11) is 0. The maximum absolute atomic E-state index is 11.3. The van der Waals surface area contributed by atoms with Gasteiger partial charge in [-0.3, -0.25) is 9.69 Å². The molecule has 26 heavy (non-hydrogen) atoms. The molecule has 0 radical (unpaired) electrons. The average molecular weight is 371 g/mol. The first-order valence-corrected chi connectivity index (χ1v) is 11.2. The monoisotopic (exact) mass is 370 g/mol. The molecule has 0 amide bonds. The molecule has 3 atom stereocenters. The number of Topliss-reactive ketones (excluding diaryl/α,β-unsaturated/α-hetero) is 1. The van der Waals surface area contributed by atoms with Gasteiger partial charge < -0.3 is 5.32 Å². The molecule has 3 nitrogen and oxygen atoms in total. The molecule has 1 N–H and O–H groups in total. The van der Waals surface area contributed by atoms with Gasteiger partial charge in [0.05, 0.1) is 5.75 Å². The molecule has 0 aromatic heterocycles. The fraction of sp³-hybridized carbons (Fsp3) is 0.591. The number of ketones is 1. The van der Waals surface area contributed by atoms with Crippen molar-refractivity contribution in [1.82, 2.24) is 10.2 Å². The number of carbonyl (C=O) groups is 1. The minimum Gasteiger partial charge on any atom is -0.387 e. The van der Waals surface area contributed by atoms with Crippen molar-refractivity contribution in [2.75, 3.05) is 24.6 Å². The number of nitrogens with one attached hydrogen (secondary N) is 1. The number of hydrogen-bond acceptors (Lipinski definition) is 4. The lowest BCUT2D eigenvalue weighted by atomic mass is 9.69. The molecule has 140 valence electrons. The first kappa shape index (κ1) is 18.1. The smallest absolute Gasteiger partial charge is 0.139 e. The van der Waals surface area contributed by atoms with Gasteiger partial charge in [0.2, 0.25) is 0 Å². The Labute approximate surface area is 161 Å². The normalized spacial score (nSPS) is 27.2. The summed E-state index contributed by atoms with van der Waals surface area (Å²) < 4.78 is 0. The van der Waals surface area contributed by atoms with E-state index in [4.69, 9.17) is 0 Å². The summed E-state index contributed by atoms with van der Waals surface area (Å²) in [6, 6.07) is 7.55. The van der Waals surface area contributed by atoms with E-state index in [1.807, 2.05) is 11.8 Å². The summed E-state index contributed by atoms with van der Waals surface area (Å²) >= 11 is 1.83. The van der Waals surface area contributed by atoms with E-state index in [1.165, 1.54) is 43.5 Å². The third-order valence-corrected chi connectivity index (χ3v) is 7.40. The Morgan fingerprint density at radius 2 is 2.27 bits per heavy atom. The third-order valence-electron chi connectivity index (χ3n) is 6.08. The van der Waals surface area contributed by atoms with Gasteiger partial charge >= 0.3 is 0 Å². The number of rotatable bonds is 6. The molecule has 2 unspecified atom stereocenters. The van der Waals surface area contributed by atoms with E-state index in [0.29, 0.717) is 29.4 Å². The fourth-order valence-electron chi connectivity index (χ4n) is 5.16. The van der Waals surface area contributed by atoms with Crippen LogP contribution in [0.25, 0.3) is 5.57 Å². The lowest BCUT2D eigenvalue weighted by Gasteiger charge is -2.49. The van der Waals surface area contributed by atoms with Gasteiger partial charge in [-0.15, -0.1) is 0 Å². The van der Waals surface area contributed by atoms with E-state index in [0.717, 1.165) is 12.3 Å². The molecule has 4 heteroatoms. The number of thioether (sulfide) groups is 1. The number of fused-ring (bicyclic) bond motifs is 2. The Bertz CT molecular complexity index is 714. The highest BCUT2D eigenvalue weighted by atomic mass is 32.2. The van der Waals surface area contributed by atoms with Crippen molar-refractivity contribution in [3.8, 4) is 0 Å². The molecule has 0 saturated carbocycles. The van der Waals surface area contributed by atoms with Crippen LogP contribution in [0, 0.1) is 5.92 Å². The largest absolute Gasteiger partial charge is 0.387 e. The zero-order chi connectivity index (χ0) is 18.1. The zero-order valence-corrected chi connectivity index (χ0v) is 16.8. The summed E-state index contributed by atoms with van der Waals surface area (Å²) in [5.41, 5.74) is 6.09. The van der Waals surface area contributed by atoms with Crippen LogP contribution >= 0.6 is 11.8 Å². The van der Waals surface area contributed by atoms with Crippen molar-refractivity contribution in [3.63, 3.8) is 0 Å². The van der Waals surface area contributed by atoms with Crippen LogP contribution in [0.5, 0.6) is 0 Å². The number of piperidine rings is 1. The van der Waals surface area contributed by atoms with Crippen molar-refractivity contribution in [2.45, 2.75) is 51.6 Å². The second-order valence-electron chi connectivity index (χ2n) is 8.12. The summed E-state index contributed by atoms with van der Waals surface area (Å²) in [5, 5.41) is 3.48. The molecule has 2 heterocycles. The van der Waals surface area contributed by atoms with E-state index >= 15 is 0 Å². The molecule has 2 aliphatic heterocycles. The highest BCUT2D eigenvalue weighted by molar-refractivity contribution is 7.99. The maximum Gasteiger partial charge on any atom is 0.139 e. The van der Waals surface area contributed by atoms with Crippen LogP contribution in [-0.2, 0) is 11.3 Å². The number of likely N-dealkylation sites (tertiary alicyclic amines) is 1. The maximum atomic E-state index is 11.3. The predicted molar refractivity (Wildman–Crippen MR) is 110 cm³/mol. The highest BCUT2D eigenvalue weighted by Gasteiger charge is 2.41. The van der Waals surface area contributed by atoms with Crippen LogP contribution in [0.1, 0.15) is 55.7 Å². The molecule has 4 rings (SSSR count). The molecule has 1 aromatic carbocycles. The van der Waals surface area contributed by atoms with Crippen LogP contribution in [0.2, 0.25) is 0 Å². The third kappa shape index (κ3) is 3.46. The van der Waals surface area contributed by atoms with Gasteiger partial charge in [0, 0.05) is 31.2 Å². The minimum atomic E-state index is 0.297. The molecule has 1 fully saturated rings. The second-order valence-corrected chi connectivity index (χ2v) is 9.15. The van der Waals surface area contributed by atoms with E-state index in [-0.39, 0.29) is 0 Å². The van der Waals surface area contributed by atoms with Crippen molar-refractivity contribution in [3.05, 3.63) is 41.1 Å². The van der Waals surface area contributed by atoms with Crippen molar-refractivity contribution in [1.29, 1.82) is 0 Å². The summed E-state index contributed by atoms with van der Waals surface area (Å²) in [4.78, 5) is 14.1. The van der Waals surface area contributed by atoms with Crippen molar-refractivity contribution < 1.29 is 4.79 Å². The Morgan fingerprint density at radius 3 is 3.08 bits per heavy atom. The number of hydrogen-bond donors (Lipinski definition) is 1. The summed E-state index contributed by atoms with van der Waals surface area (Å²) in [6.07, 6.45) is 5.92. The minimum absolute atomic E-state index is 0.297. The van der Waals surface area contributed by atoms with Crippen LogP contribution < -0.4 is 5.32 Å². The number of nitrogens with zero attached hydrogens (tertiary/aromatic N) is 1. The van der Waals surface area contributed by atoms with Gasteiger partial charge in [-0.2, -0.15) is 11.8 Å². The Hall–Kier alpha value is -1.26. The van der Waals surface area contributed by atoms with Gasteiger partial charge in [0.1, 0.15) is 5.78 Å². The topological polar surface area (TPSA) is 32.3 Å². The van der Waals surface area contributed by atoms with Crippen LogP contribution in [0.15, 0.2) is 24.4 Å². The Morgan fingerprint density at radius 1 is 1.38 bits per heavy atom. The standard InChI is InChI=1S/C22H30N2OS/c1-3-7-24-12-16(14-26-13-15(2)25)8-20-19-6-4-5-17-10-23-11-18(22(17)19)9-21(20)24/h4-6,11,16,20-21,23H,3,7-10,12-14H2,1-2H3/t16?,20?,21-/m1/s1. The summed E-state index contributed by atoms with van der Waals surface area (Å²) in [5.74, 6) is 3.41. The molecular weight excluding hydrogens is 340 g/mol. The molecule has 0 bridgehead atoms. The Balaban J connectivity index is 1.61. The Kier molecular flexibility index (Phi) is 5.42. The SMILES string of the molecule is CCCN1CC(CSCC(C)=O)CC2c3cccc4c3C(=CNC4)C[C@H]21.